The first-order valence-electron chi connectivity index (χ1n) is 8.13. The van der Waals surface area contributed by atoms with Crippen LogP contribution in [0, 0.1) is 5.41 Å². The Balaban J connectivity index is 2.13. The summed E-state index contributed by atoms with van der Waals surface area (Å²) in [4.78, 5) is 37.5. The lowest BCUT2D eigenvalue weighted by molar-refractivity contribution is -0.129. The molecule has 0 fully saturated rings. The van der Waals surface area contributed by atoms with E-state index < -0.39 is 17.9 Å². The fraction of sp³-hybridized carbons (Fsp3) is 0.588. The first-order chi connectivity index (χ1) is 11.5. The average Bonchev–Trinajstić information content (AvgIpc) is 2.46. The molecule has 0 aromatic heterocycles. The number of hydrogen-bond acceptors (Lipinski definition) is 6. The molecule has 0 aromatic carbocycles. The van der Waals surface area contributed by atoms with Gasteiger partial charge in [-0.1, -0.05) is 20.8 Å². The molecule has 138 valence electrons. The third-order valence-corrected chi connectivity index (χ3v) is 4.06. The number of amides is 2. The molecule has 0 saturated carbocycles. The summed E-state index contributed by atoms with van der Waals surface area (Å²) in [5.74, 6) is -1.47. The predicted molar refractivity (Wildman–Crippen MR) is 90.2 cm³/mol. The Labute approximate surface area is 146 Å². The van der Waals surface area contributed by atoms with Gasteiger partial charge in [0.25, 0.3) is 5.91 Å². The predicted octanol–water partition coefficient (Wildman–Crippen LogP) is -0.0422. The van der Waals surface area contributed by atoms with Gasteiger partial charge in [-0.3, -0.25) is 14.4 Å². The molecule has 0 saturated heterocycles. The van der Waals surface area contributed by atoms with Gasteiger partial charge in [-0.25, -0.2) is 0 Å². The van der Waals surface area contributed by atoms with Gasteiger partial charge in [-0.2, -0.15) is 0 Å². The van der Waals surface area contributed by atoms with Crippen LogP contribution >= 0.6 is 0 Å². The van der Waals surface area contributed by atoms with Crippen molar-refractivity contribution < 1.29 is 24.6 Å². The highest BCUT2D eigenvalue weighted by molar-refractivity contribution is 5.98. The van der Waals surface area contributed by atoms with E-state index in [2.05, 4.69) is 10.6 Å². The molecule has 2 aliphatic rings. The van der Waals surface area contributed by atoms with Crippen molar-refractivity contribution in [3.63, 3.8) is 0 Å². The van der Waals surface area contributed by atoms with Crippen molar-refractivity contribution in [3.8, 4) is 0 Å². The Morgan fingerprint density at radius 1 is 1.36 bits per heavy atom. The third kappa shape index (κ3) is 4.39. The van der Waals surface area contributed by atoms with Gasteiger partial charge in [0.15, 0.2) is 12.0 Å². The molecule has 8 nitrogen and oxygen atoms in total. The largest absolute Gasteiger partial charge is 0.507 e. The summed E-state index contributed by atoms with van der Waals surface area (Å²) in [6.07, 6.45) is -1.16. The maximum absolute atomic E-state index is 12.3. The topological polar surface area (TPSA) is 119 Å². The van der Waals surface area contributed by atoms with Crippen LogP contribution in [0.1, 0.15) is 33.6 Å². The molecule has 0 bridgehead atoms. The highest BCUT2D eigenvalue weighted by Crippen LogP contribution is 2.29. The van der Waals surface area contributed by atoms with Crippen molar-refractivity contribution in [2.24, 2.45) is 5.41 Å². The molecule has 8 heteroatoms. The zero-order valence-corrected chi connectivity index (χ0v) is 15.0. The number of aliphatic hydroxyl groups excluding tert-OH is 2. The minimum Gasteiger partial charge on any atom is -0.507 e. The number of likely N-dealkylation sites (N-methyl/N-ethyl adjacent to an activating group) is 1. The fourth-order valence-electron chi connectivity index (χ4n) is 2.86. The van der Waals surface area contributed by atoms with Crippen LogP contribution in [0.25, 0.3) is 0 Å². The van der Waals surface area contributed by atoms with E-state index in [-0.39, 0.29) is 42.2 Å². The summed E-state index contributed by atoms with van der Waals surface area (Å²) in [6, 6.07) is 0. The number of dihydropyridines is 1. The molecule has 2 amide bonds. The summed E-state index contributed by atoms with van der Waals surface area (Å²) in [5.41, 5.74) is 0.343. The number of ketones is 1. The lowest BCUT2D eigenvalue weighted by Gasteiger charge is -2.34. The summed E-state index contributed by atoms with van der Waals surface area (Å²) in [7, 11) is 1.62. The van der Waals surface area contributed by atoms with Crippen LogP contribution in [-0.4, -0.2) is 59.1 Å². The Morgan fingerprint density at radius 3 is 2.60 bits per heavy atom. The molecule has 0 aliphatic carbocycles. The van der Waals surface area contributed by atoms with Gasteiger partial charge in [0, 0.05) is 24.7 Å². The molecule has 1 unspecified atom stereocenters. The molecule has 2 aliphatic heterocycles. The molecule has 0 spiro atoms. The quantitative estimate of drug-likeness (QED) is 0.564. The second-order valence-corrected chi connectivity index (χ2v) is 7.65. The minimum atomic E-state index is -1.40. The average molecular weight is 351 g/mol. The van der Waals surface area contributed by atoms with E-state index in [9.17, 15) is 24.6 Å². The van der Waals surface area contributed by atoms with Gasteiger partial charge in [-0.05, 0) is 5.41 Å². The molecule has 2 heterocycles. The van der Waals surface area contributed by atoms with Crippen molar-refractivity contribution in [2.75, 3.05) is 20.1 Å². The molecular formula is C17H25N3O5. The number of nitrogens with one attached hydrogen (secondary N) is 2. The smallest absolute Gasteiger partial charge is 0.255 e. The van der Waals surface area contributed by atoms with Crippen LogP contribution in [0.2, 0.25) is 0 Å². The molecule has 1 atom stereocenters. The van der Waals surface area contributed by atoms with Crippen molar-refractivity contribution in [1.82, 2.24) is 15.5 Å². The Bertz CT molecular complexity index is 672. The standard InChI is InChI=1S/C17H25N3O5/c1-17(2,3)6-9(21)7-18-15(24)13-14(23)10-5-12(22)20(4)8-11(10)19-16(13)25/h16,19,23,25H,5-8H2,1-4H3,(H,18,24). The number of carbonyl (C=O) groups excluding carboxylic acids is 3. The number of aliphatic hydroxyl groups is 2. The fourth-order valence-corrected chi connectivity index (χ4v) is 2.86. The van der Waals surface area contributed by atoms with Crippen LogP contribution < -0.4 is 10.6 Å². The second kappa shape index (κ2) is 6.87. The van der Waals surface area contributed by atoms with E-state index in [0.29, 0.717) is 17.7 Å². The molecular weight excluding hydrogens is 326 g/mol. The molecule has 0 radical (unpaired) electrons. The number of Topliss-reactive ketones (excluding diaryl/α,β-unsaturated/α-hetero) is 1. The zero-order valence-electron chi connectivity index (χ0n) is 15.0. The van der Waals surface area contributed by atoms with E-state index in [0.717, 1.165) is 0 Å². The van der Waals surface area contributed by atoms with Crippen LogP contribution in [-0.2, 0) is 14.4 Å². The molecule has 0 aromatic rings. The van der Waals surface area contributed by atoms with Crippen LogP contribution in [0.4, 0.5) is 0 Å². The van der Waals surface area contributed by atoms with Gasteiger partial charge in [0.1, 0.15) is 11.3 Å². The van der Waals surface area contributed by atoms with Gasteiger partial charge in [0.2, 0.25) is 5.91 Å². The van der Waals surface area contributed by atoms with E-state index >= 15 is 0 Å². The minimum absolute atomic E-state index is 0.0584. The summed E-state index contributed by atoms with van der Waals surface area (Å²) in [5, 5.41) is 25.7. The normalized spacial score (nSPS) is 21.1. The van der Waals surface area contributed by atoms with Gasteiger partial charge in [-0.15, -0.1) is 0 Å². The van der Waals surface area contributed by atoms with Crippen LogP contribution in [0.3, 0.4) is 0 Å². The maximum Gasteiger partial charge on any atom is 0.255 e. The number of allylic oxidation sites excluding steroid dienone is 1. The lowest BCUT2D eigenvalue weighted by Crippen LogP contribution is -2.48. The summed E-state index contributed by atoms with van der Waals surface area (Å²) in [6.45, 7) is 5.78. The first-order valence-corrected chi connectivity index (χ1v) is 8.13. The van der Waals surface area contributed by atoms with Crippen LogP contribution in [0.5, 0.6) is 0 Å². The SMILES string of the molecule is CN1CC2=C(CC1=O)C(O)=C(C(=O)NCC(=O)CC(C)(C)C)C(O)N2. The second-order valence-electron chi connectivity index (χ2n) is 7.65. The summed E-state index contributed by atoms with van der Waals surface area (Å²) < 4.78 is 0. The number of rotatable bonds is 4. The Morgan fingerprint density at radius 2 is 2.00 bits per heavy atom. The summed E-state index contributed by atoms with van der Waals surface area (Å²) >= 11 is 0. The zero-order chi connectivity index (χ0) is 18.9. The monoisotopic (exact) mass is 351 g/mol. The highest BCUT2D eigenvalue weighted by Gasteiger charge is 2.36. The third-order valence-electron chi connectivity index (χ3n) is 4.06. The maximum atomic E-state index is 12.3. The molecule has 25 heavy (non-hydrogen) atoms. The van der Waals surface area contributed by atoms with E-state index in [4.69, 9.17) is 0 Å². The number of hydrogen-bond donors (Lipinski definition) is 4. The van der Waals surface area contributed by atoms with E-state index in [1.54, 1.807) is 7.05 Å². The van der Waals surface area contributed by atoms with Crippen molar-refractivity contribution in [2.45, 2.75) is 39.8 Å². The van der Waals surface area contributed by atoms with Crippen LogP contribution in [0.15, 0.2) is 22.6 Å². The van der Waals surface area contributed by atoms with Crippen molar-refractivity contribution in [3.05, 3.63) is 22.6 Å². The van der Waals surface area contributed by atoms with Crippen molar-refractivity contribution >= 4 is 17.6 Å². The highest BCUT2D eigenvalue weighted by atomic mass is 16.3. The number of nitrogens with zero attached hydrogens (tertiary/aromatic N) is 1. The number of carbonyl (C=O) groups is 3. The van der Waals surface area contributed by atoms with Gasteiger partial charge in [0.05, 0.1) is 19.5 Å². The van der Waals surface area contributed by atoms with E-state index in [1.807, 2.05) is 20.8 Å². The van der Waals surface area contributed by atoms with Gasteiger partial charge >= 0.3 is 0 Å². The molecule has 4 N–H and O–H groups in total. The van der Waals surface area contributed by atoms with Gasteiger partial charge < -0.3 is 25.7 Å². The Kier molecular flexibility index (Phi) is 5.22. The first kappa shape index (κ1) is 19.0. The molecule has 2 rings (SSSR count). The van der Waals surface area contributed by atoms with Crippen molar-refractivity contribution in [1.29, 1.82) is 0 Å². The van der Waals surface area contributed by atoms with E-state index in [1.165, 1.54) is 4.90 Å². The lowest BCUT2D eigenvalue weighted by atomic mass is 9.90. The Hall–Kier alpha value is -2.35.